The van der Waals surface area contributed by atoms with Gasteiger partial charge in [0.05, 0.1) is 5.56 Å². The number of aromatic hydroxyl groups is 2. The van der Waals surface area contributed by atoms with Gasteiger partial charge in [-0.3, -0.25) is 4.57 Å². The molecule has 2 rings (SSSR count). The van der Waals surface area contributed by atoms with Gasteiger partial charge in [-0.15, -0.1) is 0 Å². The normalized spacial score (nSPS) is 10.4. The average molecular weight is 307 g/mol. The topological polar surface area (TPSA) is 157 Å². The maximum atomic E-state index is 11.2. The molecule has 0 amide bonds. The van der Waals surface area contributed by atoms with E-state index in [4.69, 9.17) is 15.3 Å². The average Bonchev–Trinajstić information content (AvgIpc) is 2.71. The van der Waals surface area contributed by atoms with E-state index in [0.29, 0.717) is 4.57 Å². The number of nitrogens with zero attached hydrogens (tertiary/aromatic N) is 1. The molecule has 1 aromatic heterocycles. The highest BCUT2D eigenvalue weighted by Gasteiger charge is 2.31. The molecule has 0 unspecified atom stereocenters. The predicted molar refractivity (Wildman–Crippen MR) is 70.0 cm³/mol. The summed E-state index contributed by atoms with van der Waals surface area (Å²) in [7, 11) is 0. The lowest BCUT2D eigenvalue weighted by Gasteiger charge is -2.09. The molecule has 0 bridgehead atoms. The highest BCUT2D eigenvalue weighted by Crippen LogP contribution is 2.38. The third-order valence-corrected chi connectivity index (χ3v) is 2.90. The molecule has 0 aliphatic carbocycles. The van der Waals surface area contributed by atoms with Crippen molar-refractivity contribution < 1.29 is 39.9 Å². The van der Waals surface area contributed by atoms with Crippen LogP contribution in [-0.4, -0.2) is 48.0 Å². The Bertz CT molecular complexity index is 750. The van der Waals surface area contributed by atoms with Gasteiger partial charge in [0, 0.05) is 5.69 Å². The minimum Gasteiger partial charge on any atom is -0.503 e. The zero-order valence-corrected chi connectivity index (χ0v) is 10.7. The second-order valence-electron chi connectivity index (χ2n) is 4.19. The summed E-state index contributed by atoms with van der Waals surface area (Å²) < 4.78 is 0.612. The third kappa shape index (κ3) is 2.20. The van der Waals surface area contributed by atoms with Gasteiger partial charge in [-0.05, 0) is 24.3 Å². The van der Waals surface area contributed by atoms with Crippen molar-refractivity contribution in [3.05, 3.63) is 41.2 Å². The van der Waals surface area contributed by atoms with Gasteiger partial charge in [0.25, 0.3) is 0 Å². The van der Waals surface area contributed by atoms with E-state index in [0.717, 1.165) is 24.3 Å². The molecule has 2 aromatic rings. The standard InChI is InChI=1S/C13H9NO8/c15-9-7(12(19)20)14(8(10(9)16)13(21)22)6-3-1-5(2-4-6)11(17)18/h1-4,15-16H,(H,17,18)(H,19,20)(H,21,22). The molecule has 114 valence electrons. The summed E-state index contributed by atoms with van der Waals surface area (Å²) in [5.41, 5.74) is -1.84. The van der Waals surface area contributed by atoms with Gasteiger partial charge in [0.1, 0.15) is 0 Å². The summed E-state index contributed by atoms with van der Waals surface area (Å²) in [6, 6.07) is 4.56. The summed E-state index contributed by atoms with van der Waals surface area (Å²) in [6.07, 6.45) is 0. The summed E-state index contributed by atoms with van der Waals surface area (Å²) >= 11 is 0. The Morgan fingerprint density at radius 3 is 1.45 bits per heavy atom. The molecule has 0 spiro atoms. The van der Waals surface area contributed by atoms with Crippen LogP contribution in [0.15, 0.2) is 24.3 Å². The summed E-state index contributed by atoms with van der Waals surface area (Å²) in [6.45, 7) is 0. The fourth-order valence-electron chi connectivity index (χ4n) is 1.95. The van der Waals surface area contributed by atoms with Gasteiger partial charge >= 0.3 is 17.9 Å². The maximum Gasteiger partial charge on any atom is 0.356 e. The number of carboxylic acid groups (broad SMARTS) is 3. The largest absolute Gasteiger partial charge is 0.503 e. The van der Waals surface area contributed by atoms with Crippen molar-refractivity contribution >= 4 is 17.9 Å². The van der Waals surface area contributed by atoms with Crippen molar-refractivity contribution in [1.82, 2.24) is 4.57 Å². The highest BCUT2D eigenvalue weighted by atomic mass is 16.4. The zero-order chi connectivity index (χ0) is 16.6. The van der Waals surface area contributed by atoms with E-state index < -0.39 is 40.8 Å². The maximum absolute atomic E-state index is 11.2. The first-order valence-corrected chi connectivity index (χ1v) is 5.72. The number of hydrogen-bond donors (Lipinski definition) is 5. The van der Waals surface area contributed by atoms with Gasteiger partial charge in [-0.25, -0.2) is 14.4 Å². The number of rotatable bonds is 4. The fraction of sp³-hybridized carbons (Fsp3) is 0. The van der Waals surface area contributed by atoms with E-state index in [1.807, 2.05) is 0 Å². The molecule has 1 heterocycles. The summed E-state index contributed by atoms with van der Waals surface area (Å²) in [4.78, 5) is 33.2. The fourth-order valence-corrected chi connectivity index (χ4v) is 1.95. The Balaban J connectivity index is 2.77. The Kier molecular flexibility index (Phi) is 3.47. The molecule has 0 atom stereocenters. The molecule has 9 nitrogen and oxygen atoms in total. The van der Waals surface area contributed by atoms with Gasteiger partial charge in [0.2, 0.25) is 0 Å². The van der Waals surface area contributed by atoms with Gasteiger partial charge < -0.3 is 25.5 Å². The van der Waals surface area contributed by atoms with Crippen LogP contribution in [0.1, 0.15) is 31.3 Å². The molecule has 0 radical (unpaired) electrons. The highest BCUT2D eigenvalue weighted by molar-refractivity contribution is 5.99. The molecular formula is C13H9NO8. The summed E-state index contributed by atoms with van der Waals surface area (Å²) in [5, 5.41) is 46.2. The molecule has 9 heteroatoms. The SMILES string of the molecule is O=C(O)c1ccc(-n2c(C(=O)O)c(O)c(O)c2C(=O)O)cc1. The van der Waals surface area contributed by atoms with Crippen LogP contribution < -0.4 is 0 Å². The van der Waals surface area contributed by atoms with E-state index in [9.17, 15) is 24.6 Å². The lowest BCUT2D eigenvalue weighted by molar-refractivity contribution is 0.0671. The minimum atomic E-state index is -1.66. The molecule has 0 saturated carbocycles. The van der Waals surface area contributed by atoms with Crippen molar-refractivity contribution in [3.8, 4) is 17.2 Å². The van der Waals surface area contributed by atoms with Crippen LogP contribution in [0.2, 0.25) is 0 Å². The van der Waals surface area contributed by atoms with Crippen molar-refractivity contribution in [2.24, 2.45) is 0 Å². The molecular weight excluding hydrogens is 298 g/mol. The molecule has 0 aliphatic heterocycles. The first kappa shape index (κ1) is 14.9. The van der Waals surface area contributed by atoms with Crippen molar-refractivity contribution in [1.29, 1.82) is 0 Å². The number of aromatic nitrogens is 1. The number of aromatic carboxylic acids is 3. The molecule has 0 fully saturated rings. The van der Waals surface area contributed by atoms with Crippen LogP contribution in [0.25, 0.3) is 5.69 Å². The number of carboxylic acids is 3. The third-order valence-electron chi connectivity index (χ3n) is 2.90. The zero-order valence-electron chi connectivity index (χ0n) is 10.7. The molecule has 5 N–H and O–H groups in total. The number of benzene rings is 1. The van der Waals surface area contributed by atoms with Crippen molar-refractivity contribution in [2.45, 2.75) is 0 Å². The predicted octanol–water partition coefficient (Wildman–Crippen LogP) is 0.983. The molecule has 0 aliphatic rings. The van der Waals surface area contributed by atoms with Crippen LogP contribution in [0.3, 0.4) is 0 Å². The monoisotopic (exact) mass is 307 g/mol. The molecule has 1 aromatic carbocycles. The smallest absolute Gasteiger partial charge is 0.356 e. The van der Waals surface area contributed by atoms with Crippen molar-refractivity contribution in [2.75, 3.05) is 0 Å². The second-order valence-corrected chi connectivity index (χ2v) is 4.19. The van der Waals surface area contributed by atoms with Crippen LogP contribution >= 0.6 is 0 Å². The quantitative estimate of drug-likeness (QED) is 0.559. The summed E-state index contributed by atoms with van der Waals surface area (Å²) in [5.74, 6) is -6.73. The first-order chi connectivity index (χ1) is 10.3. The van der Waals surface area contributed by atoms with Crippen LogP contribution in [0.5, 0.6) is 11.5 Å². The number of hydrogen-bond acceptors (Lipinski definition) is 5. The second kappa shape index (κ2) is 5.13. The number of carbonyl (C=O) groups is 3. The van der Waals surface area contributed by atoms with Gasteiger partial charge in [-0.1, -0.05) is 0 Å². The first-order valence-electron chi connectivity index (χ1n) is 5.72. The van der Waals surface area contributed by atoms with Gasteiger partial charge in [-0.2, -0.15) is 0 Å². The van der Waals surface area contributed by atoms with Gasteiger partial charge in [0.15, 0.2) is 22.9 Å². The van der Waals surface area contributed by atoms with E-state index in [1.54, 1.807) is 0 Å². The van der Waals surface area contributed by atoms with Crippen LogP contribution in [0.4, 0.5) is 0 Å². The van der Waals surface area contributed by atoms with Crippen LogP contribution in [0, 0.1) is 0 Å². The Hall–Kier alpha value is -3.49. The van der Waals surface area contributed by atoms with E-state index in [2.05, 4.69) is 0 Å². The Labute approximate surface area is 121 Å². The lowest BCUT2D eigenvalue weighted by Crippen LogP contribution is -2.13. The van der Waals surface area contributed by atoms with Crippen molar-refractivity contribution in [3.63, 3.8) is 0 Å². The molecule has 22 heavy (non-hydrogen) atoms. The minimum absolute atomic E-state index is 0.0459. The van der Waals surface area contributed by atoms with Crippen LogP contribution in [-0.2, 0) is 0 Å². The lowest BCUT2D eigenvalue weighted by atomic mass is 10.2. The Morgan fingerprint density at radius 1 is 0.727 bits per heavy atom. The molecule has 0 saturated heterocycles. The Morgan fingerprint density at radius 2 is 1.14 bits per heavy atom. The van der Waals surface area contributed by atoms with E-state index >= 15 is 0 Å². The van der Waals surface area contributed by atoms with E-state index in [-0.39, 0.29) is 11.3 Å². The van der Waals surface area contributed by atoms with E-state index in [1.165, 1.54) is 0 Å².